The molecule has 0 amide bonds. The number of methoxy groups -OCH3 is 1. The zero-order chi connectivity index (χ0) is 12.0. The van der Waals surface area contributed by atoms with Gasteiger partial charge in [0.05, 0.1) is 6.61 Å². The van der Waals surface area contributed by atoms with Gasteiger partial charge in [0, 0.05) is 31.3 Å². The Bertz CT molecular complexity index is 297. The lowest BCUT2D eigenvalue weighted by Gasteiger charge is -2.24. The van der Waals surface area contributed by atoms with Gasteiger partial charge in [0.1, 0.15) is 0 Å². The lowest BCUT2D eigenvalue weighted by Crippen LogP contribution is -2.37. The van der Waals surface area contributed by atoms with Gasteiger partial charge in [-0.15, -0.1) is 0 Å². The third kappa shape index (κ3) is 3.83. The lowest BCUT2D eigenvalue weighted by molar-refractivity contribution is 0.151. The van der Waals surface area contributed by atoms with Gasteiger partial charge in [-0.25, -0.2) is 0 Å². The second kappa shape index (κ2) is 6.51. The molecule has 0 bridgehead atoms. The number of benzene rings is 1. The standard InChI is InChI=1S/C13H22N2O/c1-10-4-6-12(7-5-10)15-13(8-14)11(2)9-16-3/h4-7,11,13,15H,8-9,14H2,1-3H3. The molecule has 0 aliphatic rings. The van der Waals surface area contributed by atoms with Crippen molar-refractivity contribution in [3.05, 3.63) is 29.8 Å². The molecule has 2 atom stereocenters. The molecule has 0 saturated heterocycles. The van der Waals surface area contributed by atoms with Gasteiger partial charge in [0.2, 0.25) is 0 Å². The monoisotopic (exact) mass is 222 g/mol. The lowest BCUT2D eigenvalue weighted by atomic mass is 10.0. The molecule has 3 nitrogen and oxygen atoms in total. The van der Waals surface area contributed by atoms with Crippen LogP contribution in [0, 0.1) is 12.8 Å². The Hall–Kier alpha value is -1.06. The molecule has 0 heterocycles. The van der Waals surface area contributed by atoms with Crippen molar-refractivity contribution in [2.24, 2.45) is 11.7 Å². The number of nitrogens with two attached hydrogens (primary N) is 1. The zero-order valence-corrected chi connectivity index (χ0v) is 10.4. The van der Waals surface area contributed by atoms with Crippen LogP contribution in [0.1, 0.15) is 12.5 Å². The molecule has 0 aromatic heterocycles. The Morgan fingerprint density at radius 1 is 1.31 bits per heavy atom. The number of rotatable bonds is 6. The van der Waals surface area contributed by atoms with Gasteiger partial charge in [-0.1, -0.05) is 24.6 Å². The van der Waals surface area contributed by atoms with Gasteiger partial charge in [-0.05, 0) is 19.1 Å². The number of ether oxygens (including phenoxy) is 1. The molecule has 1 aromatic rings. The molecule has 0 saturated carbocycles. The molecule has 3 N–H and O–H groups in total. The van der Waals surface area contributed by atoms with Crippen LogP contribution in [0.25, 0.3) is 0 Å². The summed E-state index contributed by atoms with van der Waals surface area (Å²) in [7, 11) is 1.72. The Morgan fingerprint density at radius 2 is 1.94 bits per heavy atom. The van der Waals surface area contributed by atoms with Gasteiger partial charge < -0.3 is 15.8 Å². The number of anilines is 1. The smallest absolute Gasteiger partial charge is 0.0507 e. The minimum Gasteiger partial charge on any atom is -0.384 e. The maximum Gasteiger partial charge on any atom is 0.0507 e. The third-order valence-electron chi connectivity index (χ3n) is 2.77. The molecule has 90 valence electrons. The summed E-state index contributed by atoms with van der Waals surface area (Å²) in [5.41, 5.74) is 8.14. The number of hydrogen-bond donors (Lipinski definition) is 2. The molecule has 2 unspecified atom stereocenters. The van der Waals surface area contributed by atoms with E-state index in [4.69, 9.17) is 10.5 Å². The molecule has 0 aliphatic carbocycles. The fourth-order valence-electron chi connectivity index (χ4n) is 1.68. The Labute approximate surface area is 98.0 Å². The van der Waals surface area contributed by atoms with Crippen molar-refractivity contribution in [1.29, 1.82) is 0 Å². The first-order chi connectivity index (χ1) is 7.67. The summed E-state index contributed by atoms with van der Waals surface area (Å²) in [6, 6.07) is 8.60. The molecule has 1 aromatic carbocycles. The SMILES string of the molecule is COCC(C)C(CN)Nc1ccc(C)cc1. The second-order valence-electron chi connectivity index (χ2n) is 4.29. The Balaban J connectivity index is 2.59. The van der Waals surface area contributed by atoms with Crippen LogP contribution in [-0.4, -0.2) is 26.3 Å². The summed E-state index contributed by atoms with van der Waals surface area (Å²) in [4.78, 5) is 0. The number of aryl methyl sites for hydroxylation is 1. The normalized spacial score (nSPS) is 14.5. The fourth-order valence-corrected chi connectivity index (χ4v) is 1.68. The topological polar surface area (TPSA) is 47.3 Å². The van der Waals surface area contributed by atoms with Crippen LogP contribution in [-0.2, 0) is 4.74 Å². The van der Waals surface area contributed by atoms with Crippen molar-refractivity contribution in [2.45, 2.75) is 19.9 Å². The summed E-state index contributed by atoms with van der Waals surface area (Å²) in [6.45, 7) is 5.55. The van der Waals surface area contributed by atoms with Crippen molar-refractivity contribution < 1.29 is 4.74 Å². The van der Waals surface area contributed by atoms with Gasteiger partial charge in [-0.2, -0.15) is 0 Å². The first-order valence-electron chi connectivity index (χ1n) is 5.69. The van der Waals surface area contributed by atoms with Crippen molar-refractivity contribution in [3.63, 3.8) is 0 Å². The van der Waals surface area contributed by atoms with Crippen molar-refractivity contribution in [3.8, 4) is 0 Å². The molecule has 16 heavy (non-hydrogen) atoms. The number of hydrogen-bond acceptors (Lipinski definition) is 3. The van der Waals surface area contributed by atoms with Crippen molar-refractivity contribution in [2.75, 3.05) is 25.6 Å². The first kappa shape index (κ1) is 13.0. The average Bonchev–Trinajstić information content (AvgIpc) is 2.28. The highest BCUT2D eigenvalue weighted by molar-refractivity contribution is 5.45. The first-order valence-corrected chi connectivity index (χ1v) is 5.69. The van der Waals surface area contributed by atoms with E-state index in [9.17, 15) is 0 Å². The highest BCUT2D eigenvalue weighted by atomic mass is 16.5. The molecular weight excluding hydrogens is 200 g/mol. The third-order valence-corrected chi connectivity index (χ3v) is 2.77. The predicted molar refractivity (Wildman–Crippen MR) is 68.7 cm³/mol. The minimum absolute atomic E-state index is 0.252. The van der Waals surface area contributed by atoms with Gasteiger partial charge in [-0.3, -0.25) is 0 Å². The van der Waals surface area contributed by atoms with E-state index in [0.717, 1.165) is 12.3 Å². The van der Waals surface area contributed by atoms with Crippen molar-refractivity contribution in [1.82, 2.24) is 0 Å². The van der Waals surface area contributed by atoms with Crippen LogP contribution in [0.5, 0.6) is 0 Å². The van der Waals surface area contributed by atoms with Crippen LogP contribution in [0.3, 0.4) is 0 Å². The van der Waals surface area contributed by atoms with Crippen molar-refractivity contribution >= 4 is 5.69 Å². The quantitative estimate of drug-likeness (QED) is 0.774. The zero-order valence-electron chi connectivity index (χ0n) is 10.4. The average molecular weight is 222 g/mol. The highest BCUT2D eigenvalue weighted by Gasteiger charge is 2.15. The van der Waals surface area contributed by atoms with Crippen LogP contribution < -0.4 is 11.1 Å². The fraction of sp³-hybridized carbons (Fsp3) is 0.538. The molecule has 1 rings (SSSR count). The van der Waals surface area contributed by atoms with E-state index in [-0.39, 0.29) is 6.04 Å². The Kier molecular flexibility index (Phi) is 5.29. The van der Waals surface area contributed by atoms with Crippen LogP contribution in [0.2, 0.25) is 0 Å². The molecule has 0 aliphatic heterocycles. The Morgan fingerprint density at radius 3 is 2.44 bits per heavy atom. The largest absolute Gasteiger partial charge is 0.384 e. The van der Waals surface area contributed by atoms with E-state index < -0.39 is 0 Å². The number of nitrogens with one attached hydrogen (secondary N) is 1. The molecule has 0 fully saturated rings. The second-order valence-corrected chi connectivity index (χ2v) is 4.29. The molecular formula is C13H22N2O. The van der Waals surface area contributed by atoms with Gasteiger partial charge in [0.15, 0.2) is 0 Å². The van der Waals surface area contributed by atoms with Gasteiger partial charge >= 0.3 is 0 Å². The van der Waals surface area contributed by atoms with Crippen LogP contribution >= 0.6 is 0 Å². The van der Waals surface area contributed by atoms with E-state index in [1.165, 1.54) is 5.56 Å². The van der Waals surface area contributed by atoms with E-state index in [1.54, 1.807) is 7.11 Å². The predicted octanol–water partition coefficient (Wildman–Crippen LogP) is 2.02. The molecule has 0 spiro atoms. The van der Waals surface area contributed by atoms with E-state index >= 15 is 0 Å². The maximum atomic E-state index is 5.76. The van der Waals surface area contributed by atoms with Crippen LogP contribution in [0.15, 0.2) is 24.3 Å². The summed E-state index contributed by atoms with van der Waals surface area (Å²) < 4.78 is 5.15. The maximum absolute atomic E-state index is 5.76. The molecule has 0 radical (unpaired) electrons. The summed E-state index contributed by atoms with van der Waals surface area (Å²) in [5.74, 6) is 0.399. The minimum atomic E-state index is 0.252. The highest BCUT2D eigenvalue weighted by Crippen LogP contribution is 2.13. The van der Waals surface area contributed by atoms with E-state index in [1.807, 2.05) is 0 Å². The summed E-state index contributed by atoms with van der Waals surface area (Å²) in [5, 5.41) is 3.44. The van der Waals surface area contributed by atoms with E-state index in [2.05, 4.69) is 43.4 Å². The molecule has 3 heteroatoms. The van der Waals surface area contributed by atoms with Crippen LogP contribution in [0.4, 0.5) is 5.69 Å². The van der Waals surface area contributed by atoms with Gasteiger partial charge in [0.25, 0.3) is 0 Å². The summed E-state index contributed by atoms with van der Waals surface area (Å²) >= 11 is 0. The van der Waals surface area contributed by atoms with E-state index in [0.29, 0.717) is 12.5 Å². The summed E-state index contributed by atoms with van der Waals surface area (Å²) in [6.07, 6.45) is 0.